The largest absolute Gasteiger partial charge is 0.398 e. The van der Waals surface area contributed by atoms with Crippen LogP contribution in [-0.4, -0.2) is 6.54 Å². The molecule has 0 heterocycles. The van der Waals surface area contributed by atoms with Crippen molar-refractivity contribution in [1.29, 1.82) is 0 Å². The molecule has 25 heavy (non-hydrogen) atoms. The van der Waals surface area contributed by atoms with Gasteiger partial charge >= 0.3 is 0 Å². The van der Waals surface area contributed by atoms with E-state index in [1.807, 2.05) is 26.0 Å². The van der Waals surface area contributed by atoms with Gasteiger partial charge in [0.1, 0.15) is 0 Å². The van der Waals surface area contributed by atoms with Gasteiger partial charge in [-0.15, -0.1) is 0 Å². The minimum absolute atomic E-state index is 0.779. The van der Waals surface area contributed by atoms with Crippen molar-refractivity contribution in [2.45, 2.75) is 41.0 Å². The lowest BCUT2D eigenvalue weighted by molar-refractivity contribution is 0.779. The molecule has 0 aromatic heterocycles. The molecule has 1 aromatic rings. The Morgan fingerprint density at radius 3 is 2.44 bits per heavy atom. The van der Waals surface area contributed by atoms with Gasteiger partial charge in [0.05, 0.1) is 0 Å². The van der Waals surface area contributed by atoms with Crippen LogP contribution in [0.2, 0.25) is 0 Å². The molecule has 2 heteroatoms. The molecule has 0 amide bonds. The van der Waals surface area contributed by atoms with Gasteiger partial charge in [0, 0.05) is 23.5 Å². The van der Waals surface area contributed by atoms with Crippen molar-refractivity contribution in [1.82, 2.24) is 5.32 Å². The summed E-state index contributed by atoms with van der Waals surface area (Å²) in [5.41, 5.74) is 15.0. The Bertz CT molecular complexity index is 730. The lowest BCUT2D eigenvalue weighted by Crippen LogP contribution is -2.16. The Morgan fingerprint density at radius 1 is 1.20 bits per heavy atom. The molecule has 0 unspecified atom stereocenters. The zero-order chi connectivity index (χ0) is 19.0. The van der Waals surface area contributed by atoms with Gasteiger partial charge in [-0.1, -0.05) is 48.6 Å². The van der Waals surface area contributed by atoms with Crippen LogP contribution >= 0.6 is 0 Å². The van der Waals surface area contributed by atoms with Crippen molar-refractivity contribution in [3.63, 3.8) is 0 Å². The Morgan fingerprint density at radius 2 is 1.88 bits per heavy atom. The summed E-state index contributed by atoms with van der Waals surface area (Å²) in [6, 6.07) is 6.24. The number of nitrogens with two attached hydrogens (primary N) is 1. The van der Waals surface area contributed by atoms with Gasteiger partial charge in [0.2, 0.25) is 0 Å². The van der Waals surface area contributed by atoms with E-state index < -0.39 is 0 Å². The van der Waals surface area contributed by atoms with Gasteiger partial charge in [0.15, 0.2) is 0 Å². The van der Waals surface area contributed by atoms with Gasteiger partial charge < -0.3 is 11.1 Å². The summed E-state index contributed by atoms with van der Waals surface area (Å²) in [5, 5.41) is 3.47. The smallest absolute Gasteiger partial charge is 0.0393 e. The topological polar surface area (TPSA) is 38.0 Å². The quantitative estimate of drug-likeness (QED) is 0.464. The average Bonchev–Trinajstić information content (AvgIpc) is 2.60. The molecule has 3 N–H and O–H groups in total. The first-order chi connectivity index (χ1) is 11.8. The molecule has 1 aromatic carbocycles. The molecular weight excluding hydrogens is 304 g/mol. The number of nitrogens with one attached hydrogen (secondary N) is 1. The maximum Gasteiger partial charge on any atom is 0.0393 e. The molecule has 1 rings (SSSR count). The predicted octanol–water partition coefficient (Wildman–Crippen LogP) is 5.81. The van der Waals surface area contributed by atoms with E-state index in [1.165, 1.54) is 22.4 Å². The van der Waals surface area contributed by atoms with Crippen LogP contribution in [0, 0.1) is 0 Å². The summed E-state index contributed by atoms with van der Waals surface area (Å²) in [5.74, 6) is 0. The maximum absolute atomic E-state index is 6.19. The van der Waals surface area contributed by atoms with E-state index in [9.17, 15) is 0 Å². The van der Waals surface area contributed by atoms with Crippen molar-refractivity contribution in [3.05, 3.63) is 83.1 Å². The van der Waals surface area contributed by atoms with Gasteiger partial charge in [0.25, 0.3) is 0 Å². The van der Waals surface area contributed by atoms with E-state index in [-0.39, 0.29) is 0 Å². The molecule has 0 spiro atoms. The number of benzene rings is 1. The van der Waals surface area contributed by atoms with E-state index in [0.29, 0.717) is 0 Å². The van der Waals surface area contributed by atoms with Crippen molar-refractivity contribution >= 4 is 11.3 Å². The third-order valence-electron chi connectivity index (χ3n) is 4.49. The molecule has 0 atom stereocenters. The molecule has 0 aliphatic heterocycles. The molecule has 0 aliphatic carbocycles. The van der Waals surface area contributed by atoms with Crippen molar-refractivity contribution in [2.75, 3.05) is 12.3 Å². The van der Waals surface area contributed by atoms with Crippen LogP contribution in [0.1, 0.15) is 45.7 Å². The molecule has 0 fully saturated rings. The third-order valence-corrected chi connectivity index (χ3v) is 4.49. The maximum atomic E-state index is 6.19. The molecule has 134 valence electrons. The summed E-state index contributed by atoms with van der Waals surface area (Å²) < 4.78 is 0. The second-order valence-corrected chi connectivity index (χ2v) is 6.47. The summed E-state index contributed by atoms with van der Waals surface area (Å²) >= 11 is 0. The van der Waals surface area contributed by atoms with Crippen LogP contribution < -0.4 is 11.1 Å². The summed E-state index contributed by atoms with van der Waals surface area (Å²) in [4.78, 5) is 0. The molecule has 0 bridgehead atoms. The highest BCUT2D eigenvalue weighted by atomic mass is 14.9. The molecule has 0 saturated carbocycles. The van der Waals surface area contributed by atoms with Crippen molar-refractivity contribution in [3.8, 4) is 0 Å². The number of allylic oxidation sites excluding steroid dienone is 8. The Labute approximate surface area is 153 Å². The van der Waals surface area contributed by atoms with Crippen LogP contribution in [0.25, 0.3) is 5.57 Å². The second-order valence-electron chi connectivity index (χ2n) is 6.47. The lowest BCUT2D eigenvalue weighted by atomic mass is 9.98. The Hall–Kier alpha value is -2.48. The summed E-state index contributed by atoms with van der Waals surface area (Å²) in [6.45, 7) is 19.1. The van der Waals surface area contributed by atoms with Crippen LogP contribution in [0.15, 0.2) is 72.0 Å². The molecule has 2 nitrogen and oxygen atoms in total. The fourth-order valence-corrected chi connectivity index (χ4v) is 2.43. The number of hydrogen-bond acceptors (Lipinski definition) is 2. The van der Waals surface area contributed by atoms with Crippen LogP contribution in [0.5, 0.6) is 0 Å². The molecule has 0 aliphatic rings. The number of hydrogen-bond donors (Lipinski definition) is 2. The zero-order valence-electron chi connectivity index (χ0n) is 16.4. The lowest BCUT2D eigenvalue weighted by Gasteiger charge is -2.13. The van der Waals surface area contributed by atoms with Gasteiger partial charge in [-0.25, -0.2) is 0 Å². The van der Waals surface area contributed by atoms with Gasteiger partial charge in [-0.3, -0.25) is 0 Å². The molecule has 0 radical (unpaired) electrons. The van der Waals surface area contributed by atoms with E-state index in [1.54, 1.807) is 0 Å². The highest BCUT2D eigenvalue weighted by Crippen LogP contribution is 2.25. The van der Waals surface area contributed by atoms with E-state index >= 15 is 0 Å². The molecule has 0 saturated heterocycles. The van der Waals surface area contributed by atoms with E-state index in [0.717, 1.165) is 35.4 Å². The average molecular weight is 337 g/mol. The number of anilines is 1. The Balaban J connectivity index is 2.95. The second kappa shape index (κ2) is 9.73. The standard InChI is InChI=1S/C23H32N2/c1-8-17(5)14-21(9-2)22-15-20(10-11-23(22)24)12-13-25-19(7)18(6)16(3)4/h8-11,14-15,25H,2-3,12-13,24H2,1,4-7H3/b17-8-,19-18+,21-14+. The van der Waals surface area contributed by atoms with Gasteiger partial charge in [-0.05, 0) is 69.9 Å². The van der Waals surface area contributed by atoms with Crippen LogP contribution in [0.4, 0.5) is 5.69 Å². The third kappa shape index (κ3) is 6.15. The number of rotatable bonds is 8. The monoisotopic (exact) mass is 336 g/mol. The normalized spacial score (nSPS) is 13.3. The fraction of sp³-hybridized carbons (Fsp3) is 0.304. The number of nitrogen functional groups attached to an aromatic ring is 1. The van der Waals surface area contributed by atoms with Crippen molar-refractivity contribution < 1.29 is 0 Å². The Kier molecular flexibility index (Phi) is 8.00. The van der Waals surface area contributed by atoms with Crippen LogP contribution in [-0.2, 0) is 6.42 Å². The first-order valence-corrected chi connectivity index (χ1v) is 8.73. The highest BCUT2D eigenvalue weighted by Gasteiger charge is 2.05. The minimum atomic E-state index is 0.779. The summed E-state index contributed by atoms with van der Waals surface area (Å²) in [6.07, 6.45) is 6.99. The van der Waals surface area contributed by atoms with Crippen LogP contribution in [0.3, 0.4) is 0 Å². The zero-order valence-corrected chi connectivity index (χ0v) is 16.4. The first kappa shape index (κ1) is 20.6. The summed E-state index contributed by atoms with van der Waals surface area (Å²) in [7, 11) is 0. The SMILES string of the molecule is C=C/C(=C\C(C)=C/C)c1cc(CCN/C(C)=C(\C)C(=C)C)ccc1N. The predicted molar refractivity (Wildman–Crippen MR) is 113 cm³/mol. The first-order valence-electron chi connectivity index (χ1n) is 8.73. The minimum Gasteiger partial charge on any atom is -0.398 e. The fourth-order valence-electron chi connectivity index (χ4n) is 2.43. The van der Waals surface area contributed by atoms with E-state index in [4.69, 9.17) is 5.73 Å². The highest BCUT2D eigenvalue weighted by molar-refractivity contribution is 5.82. The van der Waals surface area contributed by atoms with Gasteiger partial charge in [-0.2, -0.15) is 0 Å². The van der Waals surface area contributed by atoms with E-state index in [2.05, 4.69) is 63.5 Å². The molecular formula is C23H32N2. The van der Waals surface area contributed by atoms with Crippen molar-refractivity contribution in [2.24, 2.45) is 0 Å².